The maximum atomic E-state index is 9.29. The summed E-state index contributed by atoms with van der Waals surface area (Å²) in [6.07, 6.45) is 1.80. The maximum Gasteiger partial charge on any atom is 0.219 e. The van der Waals surface area contributed by atoms with E-state index in [0.717, 1.165) is 4.96 Å². The van der Waals surface area contributed by atoms with E-state index in [2.05, 4.69) is 4.98 Å². The van der Waals surface area contributed by atoms with Gasteiger partial charge in [0.05, 0.1) is 0 Å². The van der Waals surface area contributed by atoms with E-state index in [1.807, 2.05) is 5.38 Å². The van der Waals surface area contributed by atoms with Crippen molar-refractivity contribution in [3.05, 3.63) is 17.3 Å². The Morgan fingerprint density at radius 3 is 3.20 bits per heavy atom. The molecular formula is C6H6N2OS. The van der Waals surface area contributed by atoms with Gasteiger partial charge in [-0.25, -0.2) is 4.98 Å². The maximum absolute atomic E-state index is 9.29. The zero-order chi connectivity index (χ0) is 7.14. The number of hydrogen-bond acceptors (Lipinski definition) is 3. The number of aromatic nitrogens is 2. The Bertz CT molecular complexity index is 363. The minimum absolute atomic E-state index is 0.247. The minimum atomic E-state index is 0.247. The molecule has 3 nitrogen and oxygen atoms in total. The first-order chi connectivity index (χ1) is 4.79. The number of fused-ring (bicyclic) bond motifs is 1. The van der Waals surface area contributed by atoms with Gasteiger partial charge in [-0.05, 0) is 6.92 Å². The van der Waals surface area contributed by atoms with Gasteiger partial charge in [0.1, 0.15) is 5.69 Å². The number of imidazole rings is 1. The minimum Gasteiger partial charge on any atom is -0.493 e. The van der Waals surface area contributed by atoms with Crippen LogP contribution in [0.2, 0.25) is 0 Å². The third kappa shape index (κ3) is 0.565. The summed E-state index contributed by atoms with van der Waals surface area (Å²) in [7, 11) is 0. The van der Waals surface area contributed by atoms with Gasteiger partial charge in [0.15, 0.2) is 4.96 Å². The van der Waals surface area contributed by atoms with Crippen molar-refractivity contribution < 1.29 is 5.11 Å². The van der Waals surface area contributed by atoms with Crippen molar-refractivity contribution in [2.24, 2.45) is 0 Å². The molecule has 52 valence electrons. The van der Waals surface area contributed by atoms with Crippen LogP contribution < -0.4 is 0 Å². The molecule has 0 bridgehead atoms. The Morgan fingerprint density at radius 2 is 2.50 bits per heavy atom. The van der Waals surface area contributed by atoms with Crippen LogP contribution in [-0.2, 0) is 0 Å². The molecule has 0 aliphatic heterocycles. The van der Waals surface area contributed by atoms with Crippen LogP contribution in [0.5, 0.6) is 5.88 Å². The highest BCUT2D eigenvalue weighted by molar-refractivity contribution is 7.15. The lowest BCUT2D eigenvalue weighted by molar-refractivity contribution is 0.444. The molecule has 0 fully saturated rings. The van der Waals surface area contributed by atoms with Gasteiger partial charge in [0.2, 0.25) is 5.88 Å². The van der Waals surface area contributed by atoms with Gasteiger partial charge in [-0.15, -0.1) is 11.3 Å². The van der Waals surface area contributed by atoms with Crippen LogP contribution in [-0.4, -0.2) is 14.5 Å². The van der Waals surface area contributed by atoms with E-state index in [0.29, 0.717) is 5.69 Å². The number of rotatable bonds is 0. The molecule has 0 aliphatic rings. The topological polar surface area (TPSA) is 37.5 Å². The van der Waals surface area contributed by atoms with Crippen molar-refractivity contribution >= 4 is 16.3 Å². The third-order valence-corrected chi connectivity index (χ3v) is 2.16. The fourth-order valence-electron chi connectivity index (χ4n) is 0.882. The summed E-state index contributed by atoms with van der Waals surface area (Å²) in [5, 5.41) is 11.2. The van der Waals surface area contributed by atoms with Crippen molar-refractivity contribution in [2.75, 3.05) is 0 Å². The second-order valence-electron chi connectivity index (χ2n) is 2.08. The number of aromatic hydroxyl groups is 1. The van der Waals surface area contributed by atoms with E-state index >= 15 is 0 Å². The zero-order valence-electron chi connectivity index (χ0n) is 5.40. The molecular weight excluding hydrogens is 148 g/mol. The summed E-state index contributed by atoms with van der Waals surface area (Å²) in [6.45, 7) is 1.79. The largest absolute Gasteiger partial charge is 0.493 e. The second-order valence-corrected chi connectivity index (χ2v) is 2.95. The normalized spacial score (nSPS) is 10.9. The van der Waals surface area contributed by atoms with Gasteiger partial charge in [0.25, 0.3) is 0 Å². The van der Waals surface area contributed by atoms with Gasteiger partial charge in [-0.3, -0.25) is 4.40 Å². The molecule has 2 heterocycles. The Balaban J connectivity index is 2.95. The molecule has 2 rings (SSSR count). The lowest BCUT2D eigenvalue weighted by Gasteiger charge is -1.85. The van der Waals surface area contributed by atoms with Crippen LogP contribution in [0.3, 0.4) is 0 Å². The number of aryl methyl sites for hydroxylation is 1. The summed E-state index contributed by atoms with van der Waals surface area (Å²) in [4.78, 5) is 4.95. The lowest BCUT2D eigenvalue weighted by Crippen LogP contribution is -1.73. The van der Waals surface area contributed by atoms with Gasteiger partial charge < -0.3 is 5.11 Å². The summed E-state index contributed by atoms with van der Waals surface area (Å²) in [5.74, 6) is 0.247. The molecule has 0 saturated heterocycles. The average molecular weight is 154 g/mol. The number of thiazole rings is 1. The van der Waals surface area contributed by atoms with Gasteiger partial charge in [0, 0.05) is 11.6 Å². The van der Waals surface area contributed by atoms with Gasteiger partial charge >= 0.3 is 0 Å². The Kier molecular flexibility index (Phi) is 0.990. The molecule has 0 aliphatic carbocycles. The summed E-state index contributed by atoms with van der Waals surface area (Å²) in [6, 6.07) is 0. The second kappa shape index (κ2) is 1.73. The van der Waals surface area contributed by atoms with E-state index in [9.17, 15) is 5.11 Å². The molecule has 1 N–H and O–H groups in total. The van der Waals surface area contributed by atoms with Crippen LogP contribution >= 0.6 is 11.3 Å². The molecule has 2 aromatic heterocycles. The van der Waals surface area contributed by atoms with E-state index in [1.165, 1.54) is 11.3 Å². The van der Waals surface area contributed by atoms with E-state index in [-0.39, 0.29) is 5.88 Å². The van der Waals surface area contributed by atoms with Crippen LogP contribution in [0.4, 0.5) is 0 Å². The van der Waals surface area contributed by atoms with Crippen molar-refractivity contribution in [3.63, 3.8) is 0 Å². The summed E-state index contributed by atoms with van der Waals surface area (Å²) in [5.41, 5.74) is 0.687. The molecule has 0 atom stereocenters. The van der Waals surface area contributed by atoms with Crippen LogP contribution in [0.1, 0.15) is 5.69 Å². The highest BCUT2D eigenvalue weighted by Crippen LogP contribution is 2.20. The highest BCUT2D eigenvalue weighted by Gasteiger charge is 2.05. The quantitative estimate of drug-likeness (QED) is 0.623. The van der Waals surface area contributed by atoms with Gasteiger partial charge in [-0.1, -0.05) is 0 Å². The lowest BCUT2D eigenvalue weighted by atomic mass is 10.5. The first-order valence-corrected chi connectivity index (χ1v) is 3.78. The standard InChI is InChI=1S/C6H6N2OS/c1-4-5(9)8-2-3-10-6(8)7-4/h2-3,9H,1H3. The fraction of sp³-hybridized carbons (Fsp3) is 0.167. The Morgan fingerprint density at radius 1 is 1.70 bits per heavy atom. The SMILES string of the molecule is Cc1nc2sccn2c1O. The number of hydrogen-bond donors (Lipinski definition) is 1. The monoisotopic (exact) mass is 154 g/mol. The van der Waals surface area contributed by atoms with Crippen LogP contribution in [0, 0.1) is 6.92 Å². The molecule has 4 heteroatoms. The predicted octanol–water partition coefficient (Wildman–Crippen LogP) is 1.41. The van der Waals surface area contributed by atoms with Gasteiger partial charge in [-0.2, -0.15) is 0 Å². The molecule has 0 amide bonds. The highest BCUT2D eigenvalue weighted by atomic mass is 32.1. The summed E-state index contributed by atoms with van der Waals surface area (Å²) >= 11 is 1.51. The molecule has 0 saturated carbocycles. The van der Waals surface area contributed by atoms with Crippen molar-refractivity contribution in [1.82, 2.24) is 9.38 Å². The molecule has 0 aromatic carbocycles. The Hall–Kier alpha value is -1.03. The fourth-order valence-corrected chi connectivity index (χ4v) is 1.64. The first kappa shape index (κ1) is 5.73. The van der Waals surface area contributed by atoms with Crippen molar-refractivity contribution in [1.29, 1.82) is 0 Å². The van der Waals surface area contributed by atoms with E-state index in [4.69, 9.17) is 0 Å². The summed E-state index contributed by atoms with van der Waals surface area (Å²) < 4.78 is 1.67. The predicted molar refractivity (Wildman–Crippen MR) is 39.5 cm³/mol. The molecule has 10 heavy (non-hydrogen) atoms. The third-order valence-electron chi connectivity index (χ3n) is 1.40. The van der Waals surface area contributed by atoms with Crippen LogP contribution in [0.15, 0.2) is 11.6 Å². The van der Waals surface area contributed by atoms with E-state index in [1.54, 1.807) is 17.5 Å². The van der Waals surface area contributed by atoms with Crippen molar-refractivity contribution in [3.8, 4) is 5.88 Å². The number of nitrogens with zero attached hydrogens (tertiary/aromatic N) is 2. The average Bonchev–Trinajstić information content (AvgIpc) is 2.41. The van der Waals surface area contributed by atoms with Crippen LogP contribution in [0.25, 0.3) is 4.96 Å². The smallest absolute Gasteiger partial charge is 0.219 e. The Labute approximate surface area is 61.6 Å². The van der Waals surface area contributed by atoms with E-state index < -0.39 is 0 Å². The molecule has 0 unspecified atom stereocenters. The zero-order valence-corrected chi connectivity index (χ0v) is 6.22. The molecule has 0 radical (unpaired) electrons. The molecule has 0 spiro atoms. The van der Waals surface area contributed by atoms with Crippen molar-refractivity contribution in [2.45, 2.75) is 6.92 Å². The molecule has 2 aromatic rings. The first-order valence-electron chi connectivity index (χ1n) is 2.90.